The van der Waals surface area contributed by atoms with E-state index in [0.717, 1.165) is 37.9 Å². The Hall–Kier alpha value is -0.560. The second-order valence-corrected chi connectivity index (χ2v) is 5.84. The van der Waals surface area contributed by atoms with E-state index >= 15 is 0 Å². The first kappa shape index (κ1) is 13.9. The van der Waals surface area contributed by atoms with E-state index in [4.69, 9.17) is 10.8 Å². The first-order valence-electron chi connectivity index (χ1n) is 6.25. The Labute approximate surface area is 120 Å². The van der Waals surface area contributed by atoms with E-state index in [-0.39, 0.29) is 12.4 Å². The van der Waals surface area contributed by atoms with Gasteiger partial charge in [0, 0.05) is 25.3 Å². The summed E-state index contributed by atoms with van der Waals surface area (Å²) in [5.41, 5.74) is 7.43. The van der Waals surface area contributed by atoms with Crippen LogP contribution < -0.4 is 10.6 Å². The molecule has 1 atom stereocenters. The monoisotopic (exact) mass is 364 g/mol. The van der Waals surface area contributed by atoms with Crippen molar-refractivity contribution in [3.05, 3.63) is 21.5 Å². The van der Waals surface area contributed by atoms with Crippen LogP contribution in [0.25, 0.3) is 0 Å². The summed E-state index contributed by atoms with van der Waals surface area (Å²) < 4.78 is 14.2. The molecule has 0 aromatic heterocycles. The Kier molecular flexibility index (Phi) is 4.66. The maximum atomic E-state index is 13.7. The van der Waals surface area contributed by atoms with Gasteiger partial charge in [0.15, 0.2) is 0 Å². The van der Waals surface area contributed by atoms with Crippen molar-refractivity contribution in [3.8, 4) is 0 Å². The third-order valence-corrected chi connectivity index (χ3v) is 4.28. The molecule has 2 rings (SSSR count). The molecule has 1 saturated heterocycles. The van der Waals surface area contributed by atoms with Gasteiger partial charge in [-0.3, -0.25) is 0 Å². The molecule has 1 fully saturated rings. The number of nitrogens with two attached hydrogens (primary N) is 1. The molecule has 1 aromatic carbocycles. The van der Waals surface area contributed by atoms with E-state index in [0.29, 0.717) is 15.3 Å². The molecule has 0 saturated carbocycles. The highest BCUT2D eigenvalue weighted by molar-refractivity contribution is 14.1. The van der Waals surface area contributed by atoms with E-state index in [1.54, 1.807) is 6.07 Å². The number of hydrogen-bond acceptors (Lipinski definition) is 3. The number of aliphatic hydroxyl groups is 1. The van der Waals surface area contributed by atoms with Gasteiger partial charge in [-0.25, -0.2) is 4.39 Å². The average molecular weight is 364 g/mol. The van der Waals surface area contributed by atoms with Gasteiger partial charge in [-0.05, 0) is 54.3 Å². The van der Waals surface area contributed by atoms with Crippen molar-refractivity contribution in [2.45, 2.75) is 31.7 Å². The third-order valence-electron chi connectivity index (χ3n) is 3.45. The summed E-state index contributed by atoms with van der Waals surface area (Å²) in [5.74, 6) is -0.215. The van der Waals surface area contributed by atoms with Crippen molar-refractivity contribution in [2.24, 2.45) is 0 Å². The van der Waals surface area contributed by atoms with Gasteiger partial charge in [-0.1, -0.05) is 0 Å². The van der Waals surface area contributed by atoms with Gasteiger partial charge >= 0.3 is 0 Å². The number of halogens is 2. The normalized spacial score (nSPS) is 19.5. The molecule has 3 nitrogen and oxygen atoms in total. The summed E-state index contributed by atoms with van der Waals surface area (Å²) in [7, 11) is 0. The van der Waals surface area contributed by atoms with Crippen molar-refractivity contribution >= 4 is 34.0 Å². The summed E-state index contributed by atoms with van der Waals surface area (Å²) in [6.45, 7) is 1.13. The molecular weight excluding hydrogens is 346 g/mol. The van der Waals surface area contributed by atoms with Gasteiger partial charge in [0.25, 0.3) is 0 Å². The van der Waals surface area contributed by atoms with Crippen LogP contribution in [0.1, 0.15) is 25.7 Å². The molecule has 1 heterocycles. The topological polar surface area (TPSA) is 49.5 Å². The second-order valence-electron chi connectivity index (χ2n) is 4.68. The number of benzene rings is 1. The minimum absolute atomic E-state index is 0.209. The standard InChI is InChI=1S/C13H18FIN2O/c14-10-7-13(12(16)8-11(10)15)17-5-1-3-9(17)4-2-6-18/h7-9,18H,1-6,16H2. The Morgan fingerprint density at radius 2 is 2.28 bits per heavy atom. The average Bonchev–Trinajstić information content (AvgIpc) is 2.79. The number of rotatable bonds is 4. The maximum absolute atomic E-state index is 13.7. The Balaban J connectivity index is 2.21. The van der Waals surface area contributed by atoms with E-state index in [1.807, 2.05) is 22.6 Å². The van der Waals surface area contributed by atoms with Gasteiger partial charge in [-0.2, -0.15) is 0 Å². The van der Waals surface area contributed by atoms with Gasteiger partial charge in [0.05, 0.1) is 14.9 Å². The lowest BCUT2D eigenvalue weighted by Gasteiger charge is -2.28. The number of nitrogens with zero attached hydrogens (tertiary/aromatic N) is 1. The number of aliphatic hydroxyl groups excluding tert-OH is 1. The molecule has 1 aromatic rings. The first-order chi connectivity index (χ1) is 8.63. The van der Waals surface area contributed by atoms with E-state index in [9.17, 15) is 4.39 Å². The van der Waals surface area contributed by atoms with Crippen LogP contribution in [0.3, 0.4) is 0 Å². The summed E-state index contributed by atoms with van der Waals surface area (Å²) in [6.07, 6.45) is 3.91. The Morgan fingerprint density at radius 3 is 3.00 bits per heavy atom. The zero-order valence-electron chi connectivity index (χ0n) is 10.2. The lowest BCUT2D eigenvalue weighted by atomic mass is 10.1. The lowest BCUT2D eigenvalue weighted by molar-refractivity contribution is 0.279. The highest BCUT2D eigenvalue weighted by Gasteiger charge is 2.26. The van der Waals surface area contributed by atoms with Crippen molar-refractivity contribution < 1.29 is 9.50 Å². The third kappa shape index (κ3) is 2.88. The minimum Gasteiger partial charge on any atom is -0.397 e. The molecule has 0 bridgehead atoms. The van der Waals surface area contributed by atoms with Gasteiger partial charge in [-0.15, -0.1) is 0 Å². The van der Waals surface area contributed by atoms with Crippen LogP contribution in [-0.4, -0.2) is 24.3 Å². The molecule has 3 N–H and O–H groups in total. The van der Waals surface area contributed by atoms with Crippen LogP contribution in [0.5, 0.6) is 0 Å². The molecule has 1 aliphatic rings. The molecule has 0 spiro atoms. The molecule has 5 heteroatoms. The van der Waals surface area contributed by atoms with Crippen LogP contribution in [0.2, 0.25) is 0 Å². The van der Waals surface area contributed by atoms with Crippen molar-refractivity contribution in [3.63, 3.8) is 0 Å². The van der Waals surface area contributed by atoms with Crippen LogP contribution in [0.15, 0.2) is 12.1 Å². The van der Waals surface area contributed by atoms with Gasteiger partial charge in [0.1, 0.15) is 5.82 Å². The predicted molar refractivity (Wildman–Crippen MR) is 80.2 cm³/mol. The zero-order valence-corrected chi connectivity index (χ0v) is 12.4. The van der Waals surface area contributed by atoms with E-state index in [2.05, 4.69) is 4.90 Å². The maximum Gasteiger partial charge on any atom is 0.138 e. The molecule has 0 radical (unpaired) electrons. The van der Waals surface area contributed by atoms with Crippen molar-refractivity contribution in [2.75, 3.05) is 23.8 Å². The smallest absolute Gasteiger partial charge is 0.138 e. The molecule has 1 unspecified atom stereocenters. The number of nitrogen functional groups attached to an aromatic ring is 1. The number of hydrogen-bond donors (Lipinski definition) is 2. The Bertz CT molecular complexity index is 428. The number of anilines is 2. The van der Waals surface area contributed by atoms with Crippen LogP contribution in [-0.2, 0) is 0 Å². The zero-order chi connectivity index (χ0) is 13.1. The molecule has 18 heavy (non-hydrogen) atoms. The van der Waals surface area contributed by atoms with Crippen LogP contribution >= 0.6 is 22.6 Å². The Morgan fingerprint density at radius 1 is 1.50 bits per heavy atom. The lowest BCUT2D eigenvalue weighted by Crippen LogP contribution is -2.30. The predicted octanol–water partition coefficient (Wildman–Crippen LogP) is 2.75. The van der Waals surface area contributed by atoms with Crippen molar-refractivity contribution in [1.82, 2.24) is 0 Å². The molecule has 0 amide bonds. The highest BCUT2D eigenvalue weighted by atomic mass is 127. The largest absolute Gasteiger partial charge is 0.397 e. The fraction of sp³-hybridized carbons (Fsp3) is 0.538. The molecular formula is C13H18FIN2O. The van der Waals surface area contributed by atoms with Gasteiger partial charge < -0.3 is 15.7 Å². The van der Waals surface area contributed by atoms with E-state index in [1.165, 1.54) is 6.07 Å². The fourth-order valence-electron chi connectivity index (χ4n) is 2.58. The first-order valence-corrected chi connectivity index (χ1v) is 7.33. The summed E-state index contributed by atoms with van der Waals surface area (Å²) in [6, 6.07) is 3.60. The molecule has 1 aliphatic heterocycles. The highest BCUT2D eigenvalue weighted by Crippen LogP contribution is 2.34. The molecule has 100 valence electrons. The molecule has 0 aliphatic carbocycles. The SMILES string of the molecule is Nc1cc(I)c(F)cc1N1CCCC1CCCO. The summed E-state index contributed by atoms with van der Waals surface area (Å²) >= 11 is 1.95. The van der Waals surface area contributed by atoms with Crippen molar-refractivity contribution in [1.29, 1.82) is 0 Å². The van der Waals surface area contributed by atoms with Crippen LogP contribution in [0, 0.1) is 9.39 Å². The summed E-state index contributed by atoms with van der Waals surface area (Å²) in [5, 5.41) is 8.91. The quantitative estimate of drug-likeness (QED) is 0.638. The fourth-order valence-corrected chi connectivity index (χ4v) is 3.07. The van der Waals surface area contributed by atoms with E-state index < -0.39 is 0 Å². The summed E-state index contributed by atoms with van der Waals surface area (Å²) in [4.78, 5) is 2.18. The van der Waals surface area contributed by atoms with Crippen LogP contribution in [0.4, 0.5) is 15.8 Å². The second kappa shape index (κ2) is 6.06. The minimum atomic E-state index is -0.215. The van der Waals surface area contributed by atoms with Gasteiger partial charge in [0.2, 0.25) is 0 Å².